The van der Waals surface area contributed by atoms with Crippen molar-refractivity contribution in [2.24, 2.45) is 0 Å². The predicted molar refractivity (Wildman–Crippen MR) is 53.0 cm³/mol. The fourth-order valence-electron chi connectivity index (χ4n) is 1.76. The zero-order valence-electron chi connectivity index (χ0n) is 8.14. The van der Waals surface area contributed by atoms with Crippen molar-refractivity contribution < 1.29 is 19.7 Å². The zero-order valence-corrected chi connectivity index (χ0v) is 8.14. The summed E-state index contributed by atoms with van der Waals surface area (Å²) < 4.78 is 5.42. The van der Waals surface area contributed by atoms with E-state index in [1.165, 1.54) is 0 Å². The first kappa shape index (κ1) is 9.98. The van der Waals surface area contributed by atoms with Gasteiger partial charge in [-0.15, -0.1) is 0 Å². The molecule has 2 N–H and O–H groups in total. The number of carboxylic acids is 1. The third-order valence-corrected chi connectivity index (χ3v) is 2.43. The van der Waals surface area contributed by atoms with Gasteiger partial charge in [0, 0.05) is 6.42 Å². The summed E-state index contributed by atoms with van der Waals surface area (Å²) in [5.74, 6) is -0.0873. The molecule has 80 valence electrons. The number of benzene rings is 1. The first-order valence-electron chi connectivity index (χ1n) is 4.80. The van der Waals surface area contributed by atoms with E-state index in [1.54, 1.807) is 12.1 Å². The highest BCUT2D eigenvalue weighted by atomic mass is 16.5. The molecule has 0 spiro atoms. The molecule has 1 atom stereocenters. The molecule has 0 amide bonds. The Bertz CT molecular complexity index is 386. The van der Waals surface area contributed by atoms with Gasteiger partial charge >= 0.3 is 5.97 Å². The molecule has 4 nitrogen and oxygen atoms in total. The fraction of sp³-hybridized carbons (Fsp3) is 0.364. The highest BCUT2D eigenvalue weighted by Gasteiger charge is 2.22. The Kier molecular flexibility index (Phi) is 2.60. The van der Waals surface area contributed by atoms with E-state index in [4.69, 9.17) is 14.9 Å². The molecular weight excluding hydrogens is 196 g/mol. The van der Waals surface area contributed by atoms with Crippen LogP contribution in [0.4, 0.5) is 0 Å². The number of aliphatic carboxylic acids is 1. The molecule has 1 aliphatic heterocycles. The first-order valence-corrected chi connectivity index (χ1v) is 4.80. The number of fused-ring (bicyclic) bond motifs is 1. The van der Waals surface area contributed by atoms with Gasteiger partial charge in [0.2, 0.25) is 0 Å². The van der Waals surface area contributed by atoms with Crippen LogP contribution in [0.15, 0.2) is 18.2 Å². The molecule has 1 aromatic carbocycles. The lowest BCUT2D eigenvalue weighted by Crippen LogP contribution is -2.17. The van der Waals surface area contributed by atoms with E-state index in [1.807, 2.05) is 6.07 Å². The number of hydrogen-bond donors (Lipinski definition) is 2. The van der Waals surface area contributed by atoms with Crippen LogP contribution in [0.3, 0.4) is 0 Å². The van der Waals surface area contributed by atoms with E-state index in [9.17, 15) is 4.79 Å². The SMILES string of the molecule is O=C(O)Cc1ccc2c(c1)CC(CO)O2. The van der Waals surface area contributed by atoms with E-state index >= 15 is 0 Å². The maximum Gasteiger partial charge on any atom is 0.307 e. The number of carbonyl (C=O) groups is 1. The molecule has 1 aliphatic rings. The van der Waals surface area contributed by atoms with Crippen LogP contribution in [0.25, 0.3) is 0 Å². The summed E-state index contributed by atoms with van der Waals surface area (Å²) >= 11 is 0. The molecule has 0 aromatic heterocycles. The third kappa shape index (κ3) is 2.10. The molecule has 1 unspecified atom stereocenters. The van der Waals surface area contributed by atoms with E-state index in [-0.39, 0.29) is 19.1 Å². The smallest absolute Gasteiger partial charge is 0.307 e. The Balaban J connectivity index is 2.18. The Morgan fingerprint density at radius 3 is 3.00 bits per heavy atom. The van der Waals surface area contributed by atoms with Crippen LogP contribution in [0.2, 0.25) is 0 Å². The highest BCUT2D eigenvalue weighted by Crippen LogP contribution is 2.29. The van der Waals surface area contributed by atoms with Gasteiger partial charge in [0.25, 0.3) is 0 Å². The van der Waals surface area contributed by atoms with Gasteiger partial charge in [-0.1, -0.05) is 12.1 Å². The van der Waals surface area contributed by atoms with Crippen molar-refractivity contribution in [2.45, 2.75) is 18.9 Å². The monoisotopic (exact) mass is 208 g/mol. The fourth-order valence-corrected chi connectivity index (χ4v) is 1.76. The summed E-state index contributed by atoms with van der Waals surface area (Å²) in [7, 11) is 0. The van der Waals surface area contributed by atoms with Crippen LogP contribution in [0, 0.1) is 0 Å². The van der Waals surface area contributed by atoms with Crippen molar-refractivity contribution in [3.63, 3.8) is 0 Å². The number of hydrogen-bond acceptors (Lipinski definition) is 3. The van der Waals surface area contributed by atoms with Gasteiger partial charge in [0.1, 0.15) is 11.9 Å². The van der Waals surface area contributed by atoms with E-state index in [0.717, 1.165) is 16.9 Å². The second kappa shape index (κ2) is 3.90. The second-order valence-electron chi connectivity index (χ2n) is 3.64. The summed E-state index contributed by atoms with van der Waals surface area (Å²) in [6.45, 7) is -0.0110. The van der Waals surface area contributed by atoms with Gasteiger partial charge in [0.15, 0.2) is 0 Å². The van der Waals surface area contributed by atoms with Gasteiger partial charge in [-0.25, -0.2) is 0 Å². The quantitative estimate of drug-likeness (QED) is 0.763. The lowest BCUT2D eigenvalue weighted by Gasteiger charge is -2.05. The molecule has 1 heterocycles. The van der Waals surface area contributed by atoms with Gasteiger partial charge in [-0.2, -0.15) is 0 Å². The average Bonchev–Trinajstić information content (AvgIpc) is 2.58. The summed E-state index contributed by atoms with van der Waals surface area (Å²) in [6.07, 6.45) is 0.496. The molecule has 1 aromatic rings. The van der Waals surface area contributed by atoms with E-state index < -0.39 is 5.97 Å². The topological polar surface area (TPSA) is 66.8 Å². The van der Waals surface area contributed by atoms with Gasteiger partial charge in [0.05, 0.1) is 13.0 Å². The molecule has 0 radical (unpaired) electrons. The summed E-state index contributed by atoms with van der Waals surface area (Å²) in [5.41, 5.74) is 1.75. The van der Waals surface area contributed by atoms with Crippen LogP contribution in [0.5, 0.6) is 5.75 Å². The van der Waals surface area contributed by atoms with Crippen molar-refractivity contribution in [3.8, 4) is 5.75 Å². The zero-order chi connectivity index (χ0) is 10.8. The van der Waals surface area contributed by atoms with Crippen molar-refractivity contribution in [2.75, 3.05) is 6.61 Å². The molecule has 2 rings (SSSR count). The standard InChI is InChI=1S/C11H12O4/c12-6-9-5-8-3-7(4-11(13)14)1-2-10(8)15-9/h1-3,9,12H,4-6H2,(H,13,14). The van der Waals surface area contributed by atoms with Gasteiger partial charge in [-0.05, 0) is 17.2 Å². The van der Waals surface area contributed by atoms with Crippen LogP contribution in [0.1, 0.15) is 11.1 Å². The van der Waals surface area contributed by atoms with E-state index in [2.05, 4.69) is 0 Å². The Hall–Kier alpha value is -1.55. The molecule has 0 aliphatic carbocycles. The lowest BCUT2D eigenvalue weighted by atomic mass is 10.0. The number of aliphatic hydroxyl groups excluding tert-OH is 1. The largest absolute Gasteiger partial charge is 0.487 e. The minimum Gasteiger partial charge on any atom is -0.487 e. The Morgan fingerprint density at radius 1 is 1.53 bits per heavy atom. The van der Waals surface area contributed by atoms with Crippen molar-refractivity contribution in [1.82, 2.24) is 0 Å². The highest BCUT2D eigenvalue weighted by molar-refractivity contribution is 5.70. The van der Waals surface area contributed by atoms with Crippen LogP contribution in [-0.2, 0) is 17.6 Å². The van der Waals surface area contributed by atoms with Crippen LogP contribution < -0.4 is 4.74 Å². The molecular formula is C11H12O4. The normalized spacial score (nSPS) is 18.3. The van der Waals surface area contributed by atoms with Crippen molar-refractivity contribution in [3.05, 3.63) is 29.3 Å². The van der Waals surface area contributed by atoms with Crippen LogP contribution in [-0.4, -0.2) is 28.9 Å². The Morgan fingerprint density at radius 2 is 2.33 bits per heavy atom. The maximum atomic E-state index is 10.5. The van der Waals surface area contributed by atoms with Gasteiger partial charge in [-0.3, -0.25) is 4.79 Å². The summed E-state index contributed by atoms with van der Waals surface area (Å²) in [6, 6.07) is 5.34. The van der Waals surface area contributed by atoms with E-state index in [0.29, 0.717) is 6.42 Å². The number of aliphatic hydroxyl groups is 1. The van der Waals surface area contributed by atoms with Gasteiger partial charge < -0.3 is 14.9 Å². The van der Waals surface area contributed by atoms with Crippen molar-refractivity contribution >= 4 is 5.97 Å². The molecule has 4 heteroatoms. The lowest BCUT2D eigenvalue weighted by molar-refractivity contribution is -0.136. The summed E-state index contributed by atoms with van der Waals surface area (Å²) in [4.78, 5) is 10.5. The molecule has 0 fully saturated rings. The maximum absolute atomic E-state index is 10.5. The van der Waals surface area contributed by atoms with Crippen LogP contribution >= 0.6 is 0 Å². The summed E-state index contributed by atoms with van der Waals surface area (Å²) in [5, 5.41) is 17.6. The minimum atomic E-state index is -0.840. The predicted octanol–water partition coefficient (Wildman–Crippen LogP) is 0.610. The molecule has 0 saturated carbocycles. The second-order valence-corrected chi connectivity index (χ2v) is 3.64. The molecule has 15 heavy (non-hydrogen) atoms. The first-order chi connectivity index (χ1) is 7.19. The molecule has 0 saturated heterocycles. The number of rotatable bonds is 3. The Labute approximate surface area is 87.1 Å². The van der Waals surface area contributed by atoms with Crippen molar-refractivity contribution in [1.29, 1.82) is 0 Å². The number of carboxylic acid groups (broad SMARTS) is 1. The average molecular weight is 208 g/mol. The third-order valence-electron chi connectivity index (χ3n) is 2.43. The minimum absolute atomic E-state index is 0.0110. The number of ether oxygens (including phenoxy) is 1. The molecule has 0 bridgehead atoms.